The highest BCUT2D eigenvalue weighted by atomic mass is 35.5. The summed E-state index contributed by atoms with van der Waals surface area (Å²) in [6.07, 6.45) is 1.37. The maximum absolute atomic E-state index is 12.0. The molecule has 1 aromatic heterocycles. The summed E-state index contributed by atoms with van der Waals surface area (Å²) in [6, 6.07) is 2.73. The summed E-state index contributed by atoms with van der Waals surface area (Å²) >= 11 is 6.03. The first-order valence-corrected chi connectivity index (χ1v) is 6.39. The molecule has 0 bridgehead atoms. The zero-order valence-corrected chi connectivity index (χ0v) is 13.1. The number of ketones is 1. The van der Waals surface area contributed by atoms with Crippen LogP contribution in [0.5, 0.6) is 0 Å². The highest BCUT2D eigenvalue weighted by Crippen LogP contribution is 2.30. The molecular formula is C13H13Cl2N5O3. The van der Waals surface area contributed by atoms with E-state index < -0.39 is 17.8 Å². The number of pyridine rings is 1. The third-order valence-electron chi connectivity index (χ3n) is 2.89. The molecule has 1 aromatic carbocycles. The molecule has 1 heterocycles. The average Bonchev–Trinajstić information content (AvgIpc) is 2.47. The number of nitrogens with two attached hydrogens (primary N) is 3. The van der Waals surface area contributed by atoms with Gasteiger partial charge in [-0.1, -0.05) is 23.7 Å². The summed E-state index contributed by atoms with van der Waals surface area (Å²) < 4.78 is 0. The van der Waals surface area contributed by atoms with Gasteiger partial charge in [-0.2, -0.15) is 4.99 Å². The maximum atomic E-state index is 12.0. The largest absolute Gasteiger partial charge is 0.480 e. The van der Waals surface area contributed by atoms with Crippen LogP contribution in [0.4, 0.5) is 5.82 Å². The molecule has 0 aliphatic carbocycles. The number of hydrogen-bond donors (Lipinski definition) is 4. The molecule has 0 fully saturated rings. The van der Waals surface area contributed by atoms with Crippen LogP contribution in [0.15, 0.2) is 29.4 Å². The van der Waals surface area contributed by atoms with Crippen molar-refractivity contribution in [3.8, 4) is 0 Å². The summed E-state index contributed by atoms with van der Waals surface area (Å²) in [5, 5.41) is 10.1. The molecule has 10 heteroatoms. The fourth-order valence-corrected chi connectivity index (χ4v) is 2.06. The Hall–Kier alpha value is -2.42. The molecule has 0 saturated heterocycles. The van der Waals surface area contributed by atoms with Crippen LogP contribution >= 0.6 is 24.0 Å². The summed E-state index contributed by atoms with van der Waals surface area (Å²) in [7, 11) is 0. The van der Waals surface area contributed by atoms with Crippen molar-refractivity contribution in [3.63, 3.8) is 0 Å². The Kier molecular flexibility index (Phi) is 5.85. The van der Waals surface area contributed by atoms with E-state index in [9.17, 15) is 9.59 Å². The van der Waals surface area contributed by atoms with Crippen molar-refractivity contribution in [2.45, 2.75) is 6.04 Å². The zero-order valence-electron chi connectivity index (χ0n) is 11.6. The predicted molar refractivity (Wildman–Crippen MR) is 89.4 cm³/mol. The van der Waals surface area contributed by atoms with Gasteiger partial charge in [0.05, 0.1) is 5.02 Å². The van der Waals surface area contributed by atoms with Crippen LogP contribution in [0.2, 0.25) is 5.02 Å². The van der Waals surface area contributed by atoms with Gasteiger partial charge in [0.2, 0.25) is 0 Å². The molecule has 23 heavy (non-hydrogen) atoms. The first kappa shape index (κ1) is 18.6. The summed E-state index contributed by atoms with van der Waals surface area (Å²) in [5.41, 5.74) is 16.1. The van der Waals surface area contributed by atoms with Gasteiger partial charge in [0.25, 0.3) is 0 Å². The number of hydrogen-bond acceptors (Lipinski definition) is 5. The lowest BCUT2D eigenvalue weighted by Crippen LogP contribution is -2.38. The van der Waals surface area contributed by atoms with Gasteiger partial charge in [-0.05, 0) is 6.07 Å². The number of benzene rings is 1. The number of guanidine groups is 1. The molecule has 0 amide bonds. The van der Waals surface area contributed by atoms with Crippen LogP contribution < -0.4 is 17.2 Å². The Morgan fingerprint density at radius 1 is 1.26 bits per heavy atom. The van der Waals surface area contributed by atoms with Crippen molar-refractivity contribution < 1.29 is 14.7 Å². The monoisotopic (exact) mass is 357 g/mol. The van der Waals surface area contributed by atoms with Gasteiger partial charge in [0, 0.05) is 22.5 Å². The van der Waals surface area contributed by atoms with Crippen molar-refractivity contribution in [3.05, 3.63) is 35.0 Å². The van der Waals surface area contributed by atoms with Crippen LogP contribution in [0.1, 0.15) is 10.4 Å². The number of carboxylic acids is 1. The van der Waals surface area contributed by atoms with Gasteiger partial charge in [0.15, 0.2) is 23.6 Å². The third-order valence-corrected chi connectivity index (χ3v) is 3.19. The quantitative estimate of drug-likeness (QED) is 0.272. The van der Waals surface area contributed by atoms with Crippen molar-refractivity contribution in [2.24, 2.45) is 22.2 Å². The zero-order chi connectivity index (χ0) is 16.4. The number of rotatable bonds is 4. The fraction of sp³-hybridized carbons (Fsp3) is 0.0769. The number of aliphatic carboxylic acids is 1. The highest BCUT2D eigenvalue weighted by molar-refractivity contribution is 6.35. The molecule has 8 nitrogen and oxygen atoms in total. The molecule has 0 saturated carbocycles. The van der Waals surface area contributed by atoms with Gasteiger partial charge < -0.3 is 22.3 Å². The van der Waals surface area contributed by atoms with Crippen molar-refractivity contribution in [1.82, 2.24) is 4.98 Å². The lowest BCUT2D eigenvalue weighted by molar-refractivity contribution is -0.137. The Balaban J connectivity index is 0.00000264. The summed E-state index contributed by atoms with van der Waals surface area (Å²) in [4.78, 5) is 30.7. The van der Waals surface area contributed by atoms with E-state index in [1.54, 1.807) is 6.07 Å². The van der Waals surface area contributed by atoms with E-state index in [4.69, 9.17) is 33.9 Å². The van der Waals surface area contributed by atoms with Crippen LogP contribution in [0.25, 0.3) is 10.8 Å². The molecule has 1 unspecified atom stereocenters. The van der Waals surface area contributed by atoms with Gasteiger partial charge in [-0.25, -0.2) is 4.98 Å². The Labute approximate surface area is 141 Å². The second-order valence-corrected chi connectivity index (χ2v) is 4.81. The van der Waals surface area contributed by atoms with E-state index in [0.717, 1.165) is 0 Å². The smallest absolute Gasteiger partial charge is 0.328 e. The third kappa shape index (κ3) is 3.86. The lowest BCUT2D eigenvalue weighted by atomic mass is 10.0. The minimum absolute atomic E-state index is 0. The lowest BCUT2D eigenvalue weighted by Gasteiger charge is -2.08. The van der Waals surface area contributed by atoms with E-state index >= 15 is 0 Å². The molecule has 0 aliphatic rings. The number of aromatic nitrogens is 1. The standard InChI is InChI=1S/C13H12ClN5O3.ClH/c14-8-4-18-11(19-13(16)17)7-3-5(1-2-6(7)8)10(20)9(15)12(21)22;/h1-4,9H,15H2,(H,21,22)(H4,16,17,18,19);1H. The first-order chi connectivity index (χ1) is 10.3. The summed E-state index contributed by atoms with van der Waals surface area (Å²) in [6.45, 7) is 0. The molecule has 0 aliphatic heterocycles. The number of carbonyl (C=O) groups excluding carboxylic acids is 1. The Morgan fingerprint density at radius 3 is 2.48 bits per heavy atom. The second kappa shape index (κ2) is 7.23. The fourth-order valence-electron chi connectivity index (χ4n) is 1.85. The van der Waals surface area contributed by atoms with Gasteiger partial charge in [-0.15, -0.1) is 12.4 Å². The number of carbonyl (C=O) groups is 2. The predicted octanol–water partition coefficient (Wildman–Crippen LogP) is 0.809. The van der Waals surface area contributed by atoms with Crippen molar-refractivity contribution in [2.75, 3.05) is 0 Å². The number of aliphatic imine (C=N–C) groups is 1. The number of nitrogens with zero attached hydrogens (tertiary/aromatic N) is 2. The van der Waals surface area contributed by atoms with Crippen LogP contribution in [-0.4, -0.2) is 33.8 Å². The van der Waals surface area contributed by atoms with E-state index in [1.165, 1.54) is 18.3 Å². The molecule has 2 rings (SSSR count). The van der Waals surface area contributed by atoms with E-state index in [1.807, 2.05) is 0 Å². The number of fused-ring (bicyclic) bond motifs is 1. The Morgan fingerprint density at radius 2 is 1.91 bits per heavy atom. The first-order valence-electron chi connectivity index (χ1n) is 6.01. The van der Waals surface area contributed by atoms with Gasteiger partial charge >= 0.3 is 5.97 Å². The minimum Gasteiger partial charge on any atom is -0.480 e. The molecule has 0 spiro atoms. The molecule has 122 valence electrons. The van der Waals surface area contributed by atoms with Crippen molar-refractivity contribution in [1.29, 1.82) is 0 Å². The molecule has 0 radical (unpaired) electrons. The molecule has 7 N–H and O–H groups in total. The normalized spacial score (nSPS) is 11.4. The second-order valence-electron chi connectivity index (χ2n) is 4.41. The molecule has 2 aromatic rings. The van der Waals surface area contributed by atoms with Crippen LogP contribution in [0, 0.1) is 0 Å². The number of halogens is 2. The van der Waals surface area contributed by atoms with Crippen molar-refractivity contribution >= 4 is 58.3 Å². The topological polar surface area (TPSA) is 158 Å². The highest BCUT2D eigenvalue weighted by Gasteiger charge is 2.23. The minimum atomic E-state index is -1.66. The Bertz CT molecular complexity index is 806. The van der Waals surface area contributed by atoms with Gasteiger partial charge in [0.1, 0.15) is 0 Å². The average molecular weight is 358 g/mol. The van der Waals surface area contributed by atoms with E-state index in [0.29, 0.717) is 15.8 Å². The number of carboxylic acid groups (broad SMARTS) is 1. The van der Waals surface area contributed by atoms with Crippen LogP contribution in [-0.2, 0) is 4.79 Å². The van der Waals surface area contributed by atoms with Crippen LogP contribution in [0.3, 0.4) is 0 Å². The molecule has 1 atom stereocenters. The summed E-state index contributed by atoms with van der Waals surface area (Å²) in [5.74, 6) is -2.21. The van der Waals surface area contributed by atoms with E-state index in [-0.39, 0.29) is 29.7 Å². The van der Waals surface area contributed by atoms with Gasteiger partial charge in [-0.3, -0.25) is 9.59 Å². The number of Topliss-reactive ketones (excluding diaryl/α,β-unsaturated/α-hetero) is 1. The SMILES string of the molecule is Cl.NC(N)=Nc1ncc(Cl)c2ccc(C(=O)C(N)C(=O)O)cc12. The van der Waals surface area contributed by atoms with E-state index in [2.05, 4.69) is 9.98 Å². The maximum Gasteiger partial charge on any atom is 0.328 e. The molecular weight excluding hydrogens is 345 g/mol.